The molecular weight excluding hydrogens is 168 g/mol. The summed E-state index contributed by atoms with van der Waals surface area (Å²) in [6.07, 6.45) is 6.02. The van der Waals surface area contributed by atoms with Crippen molar-refractivity contribution in [3.63, 3.8) is 0 Å². The van der Waals surface area contributed by atoms with Crippen LogP contribution >= 0.6 is 0 Å². The van der Waals surface area contributed by atoms with Gasteiger partial charge in [-0.05, 0) is 11.8 Å². The van der Waals surface area contributed by atoms with E-state index in [9.17, 15) is 9.59 Å². The second-order valence-electron chi connectivity index (χ2n) is 3.80. The molecule has 0 saturated heterocycles. The van der Waals surface area contributed by atoms with Crippen LogP contribution in [0, 0.1) is 11.8 Å². The summed E-state index contributed by atoms with van der Waals surface area (Å²) in [5.74, 6) is -0.224. The molecule has 0 heterocycles. The number of aldehydes is 1. The van der Waals surface area contributed by atoms with Crippen LogP contribution in [-0.2, 0) is 9.59 Å². The molecule has 3 nitrogen and oxygen atoms in total. The van der Waals surface area contributed by atoms with E-state index in [1.54, 1.807) is 0 Å². The van der Waals surface area contributed by atoms with Gasteiger partial charge in [-0.3, -0.25) is 4.79 Å². The quantitative estimate of drug-likeness (QED) is 0.663. The van der Waals surface area contributed by atoms with Crippen LogP contribution in [0.3, 0.4) is 0 Å². The van der Waals surface area contributed by atoms with E-state index in [-0.39, 0.29) is 12.3 Å². The summed E-state index contributed by atoms with van der Waals surface area (Å²) in [6, 6.07) is 0. The van der Waals surface area contributed by atoms with Gasteiger partial charge in [0.15, 0.2) is 0 Å². The van der Waals surface area contributed by atoms with Gasteiger partial charge in [0, 0.05) is 12.8 Å². The fourth-order valence-corrected chi connectivity index (χ4v) is 2.22. The molecular formula is C10H16O3. The maximum absolute atomic E-state index is 10.5. The molecule has 1 rings (SSSR count). The van der Waals surface area contributed by atoms with Gasteiger partial charge in [0.05, 0.1) is 0 Å². The third-order valence-corrected chi connectivity index (χ3v) is 2.90. The van der Waals surface area contributed by atoms with Gasteiger partial charge in [-0.2, -0.15) is 0 Å². The lowest BCUT2D eigenvalue weighted by atomic mass is 9.86. The Morgan fingerprint density at radius 1 is 1.46 bits per heavy atom. The molecule has 1 aliphatic carbocycles. The van der Waals surface area contributed by atoms with E-state index in [1.807, 2.05) is 0 Å². The Bertz CT molecular complexity index is 183. The summed E-state index contributed by atoms with van der Waals surface area (Å²) in [7, 11) is 0. The van der Waals surface area contributed by atoms with Crippen molar-refractivity contribution in [2.75, 3.05) is 0 Å². The van der Waals surface area contributed by atoms with Gasteiger partial charge in [0.1, 0.15) is 6.29 Å². The van der Waals surface area contributed by atoms with Crippen molar-refractivity contribution in [1.82, 2.24) is 0 Å². The Morgan fingerprint density at radius 2 is 2.08 bits per heavy atom. The van der Waals surface area contributed by atoms with Gasteiger partial charge in [-0.25, -0.2) is 0 Å². The van der Waals surface area contributed by atoms with Crippen molar-refractivity contribution >= 4 is 12.3 Å². The number of carbonyl (C=O) groups excluding carboxylic acids is 1. The fraction of sp³-hybridized carbons (Fsp3) is 0.800. The zero-order valence-corrected chi connectivity index (χ0v) is 7.74. The Labute approximate surface area is 78.1 Å². The molecule has 0 aliphatic heterocycles. The van der Waals surface area contributed by atoms with Gasteiger partial charge < -0.3 is 9.90 Å². The molecule has 1 fully saturated rings. The first kappa shape index (κ1) is 10.2. The van der Waals surface area contributed by atoms with Crippen molar-refractivity contribution in [2.45, 2.75) is 38.5 Å². The highest BCUT2D eigenvalue weighted by Crippen LogP contribution is 2.34. The third-order valence-electron chi connectivity index (χ3n) is 2.90. The molecule has 0 spiro atoms. The lowest BCUT2D eigenvalue weighted by Gasteiger charge is -2.18. The zero-order chi connectivity index (χ0) is 9.68. The highest BCUT2D eigenvalue weighted by Gasteiger charge is 2.26. The maximum Gasteiger partial charge on any atom is 0.303 e. The molecule has 13 heavy (non-hydrogen) atoms. The van der Waals surface area contributed by atoms with Gasteiger partial charge >= 0.3 is 5.97 Å². The second-order valence-corrected chi connectivity index (χ2v) is 3.80. The summed E-state index contributed by atoms with van der Waals surface area (Å²) in [5.41, 5.74) is 0. The molecule has 3 heteroatoms. The molecule has 1 atom stereocenters. The Kier molecular flexibility index (Phi) is 3.93. The highest BCUT2D eigenvalue weighted by molar-refractivity contribution is 5.67. The molecule has 74 valence electrons. The fourth-order valence-electron chi connectivity index (χ4n) is 2.22. The summed E-state index contributed by atoms with van der Waals surface area (Å²) in [4.78, 5) is 20.9. The second kappa shape index (κ2) is 5.00. The first-order chi connectivity index (χ1) is 6.24. The van der Waals surface area contributed by atoms with Crippen LogP contribution < -0.4 is 0 Å². The van der Waals surface area contributed by atoms with E-state index in [0.29, 0.717) is 12.3 Å². The number of rotatable bonds is 5. The SMILES string of the molecule is O=CCC(CC(=O)O)C1CCCC1. The lowest BCUT2D eigenvalue weighted by Crippen LogP contribution is -2.16. The predicted octanol–water partition coefficient (Wildman–Crippen LogP) is 1.86. The minimum Gasteiger partial charge on any atom is -0.481 e. The third kappa shape index (κ3) is 3.17. The van der Waals surface area contributed by atoms with Crippen molar-refractivity contribution in [1.29, 1.82) is 0 Å². The molecule has 0 aromatic rings. The van der Waals surface area contributed by atoms with Crippen LogP contribution in [0.4, 0.5) is 0 Å². The van der Waals surface area contributed by atoms with E-state index in [0.717, 1.165) is 19.1 Å². The first-order valence-corrected chi connectivity index (χ1v) is 4.89. The average molecular weight is 184 g/mol. The highest BCUT2D eigenvalue weighted by atomic mass is 16.4. The van der Waals surface area contributed by atoms with Crippen LogP contribution in [0.15, 0.2) is 0 Å². The molecule has 0 aromatic heterocycles. The van der Waals surface area contributed by atoms with Crippen LogP contribution in [0.1, 0.15) is 38.5 Å². The molecule has 0 amide bonds. The molecule has 0 aromatic carbocycles. The number of hydrogen-bond donors (Lipinski definition) is 1. The number of aliphatic carboxylic acids is 1. The molecule has 0 bridgehead atoms. The topological polar surface area (TPSA) is 54.4 Å². The summed E-state index contributed by atoms with van der Waals surface area (Å²) in [5, 5.41) is 8.65. The number of hydrogen-bond acceptors (Lipinski definition) is 2. The van der Waals surface area contributed by atoms with Crippen molar-refractivity contribution in [3.8, 4) is 0 Å². The van der Waals surface area contributed by atoms with Gasteiger partial charge in [0.2, 0.25) is 0 Å². The maximum atomic E-state index is 10.5. The first-order valence-electron chi connectivity index (χ1n) is 4.89. The molecule has 1 unspecified atom stereocenters. The van der Waals surface area contributed by atoms with Crippen LogP contribution in [0.2, 0.25) is 0 Å². The standard InChI is InChI=1S/C10H16O3/c11-6-5-9(7-10(12)13)8-3-1-2-4-8/h6,8-9H,1-5,7H2,(H,12,13). The normalized spacial score (nSPS) is 20.0. The van der Waals surface area contributed by atoms with Crippen molar-refractivity contribution in [2.24, 2.45) is 11.8 Å². The van der Waals surface area contributed by atoms with E-state index in [4.69, 9.17) is 5.11 Å². The minimum absolute atomic E-state index is 0.0810. The number of carboxylic acids is 1. The predicted molar refractivity (Wildman–Crippen MR) is 48.4 cm³/mol. The zero-order valence-electron chi connectivity index (χ0n) is 7.74. The molecule has 0 radical (unpaired) electrons. The monoisotopic (exact) mass is 184 g/mol. The summed E-state index contributed by atoms with van der Waals surface area (Å²) < 4.78 is 0. The van der Waals surface area contributed by atoms with E-state index in [2.05, 4.69) is 0 Å². The number of carbonyl (C=O) groups is 2. The van der Waals surface area contributed by atoms with Gasteiger partial charge in [-0.15, -0.1) is 0 Å². The lowest BCUT2D eigenvalue weighted by molar-refractivity contribution is -0.138. The summed E-state index contributed by atoms with van der Waals surface area (Å²) in [6.45, 7) is 0. The van der Waals surface area contributed by atoms with Gasteiger partial charge in [-0.1, -0.05) is 25.7 Å². The largest absolute Gasteiger partial charge is 0.481 e. The molecule has 1 aliphatic rings. The van der Waals surface area contributed by atoms with E-state index in [1.165, 1.54) is 12.8 Å². The van der Waals surface area contributed by atoms with Crippen LogP contribution in [-0.4, -0.2) is 17.4 Å². The van der Waals surface area contributed by atoms with Crippen LogP contribution in [0.25, 0.3) is 0 Å². The Hall–Kier alpha value is -0.860. The average Bonchev–Trinajstić information content (AvgIpc) is 2.54. The summed E-state index contributed by atoms with van der Waals surface area (Å²) >= 11 is 0. The number of carboxylic acid groups (broad SMARTS) is 1. The van der Waals surface area contributed by atoms with E-state index >= 15 is 0 Å². The van der Waals surface area contributed by atoms with E-state index < -0.39 is 5.97 Å². The minimum atomic E-state index is -0.779. The van der Waals surface area contributed by atoms with Gasteiger partial charge in [0.25, 0.3) is 0 Å². The Balaban J connectivity index is 2.44. The smallest absolute Gasteiger partial charge is 0.303 e. The Morgan fingerprint density at radius 3 is 2.54 bits per heavy atom. The van der Waals surface area contributed by atoms with Crippen LogP contribution in [0.5, 0.6) is 0 Å². The molecule has 1 saturated carbocycles. The van der Waals surface area contributed by atoms with Crippen molar-refractivity contribution < 1.29 is 14.7 Å². The molecule has 1 N–H and O–H groups in total. The van der Waals surface area contributed by atoms with Crippen molar-refractivity contribution in [3.05, 3.63) is 0 Å².